The maximum atomic E-state index is 13.0. The first kappa shape index (κ1) is 17.5. The Morgan fingerprint density at radius 3 is 2.58 bits per heavy atom. The van der Waals surface area contributed by atoms with Gasteiger partial charge in [-0.1, -0.05) is 0 Å². The number of hydrogen-bond donors (Lipinski definition) is 0. The molecular weight excluding hydrogens is 336 g/mol. The smallest absolute Gasteiger partial charge is 0.345 e. The lowest BCUT2D eigenvalue weighted by Gasteiger charge is -2.10. The second kappa shape index (κ2) is 7.26. The van der Waals surface area contributed by atoms with Crippen molar-refractivity contribution in [3.05, 3.63) is 58.7 Å². The normalized spacial score (nSPS) is 10.6. The van der Waals surface area contributed by atoms with Crippen LogP contribution in [0.4, 0.5) is 0 Å². The average Bonchev–Trinajstić information content (AvgIpc) is 3.07. The Kier molecular flexibility index (Phi) is 4.88. The number of aryl methyl sites for hydroxylation is 1. The van der Waals surface area contributed by atoms with Gasteiger partial charge in [-0.3, -0.25) is 4.79 Å². The summed E-state index contributed by atoms with van der Waals surface area (Å²) in [6, 6.07) is 7.06. The highest BCUT2D eigenvalue weighted by molar-refractivity contribution is 5.91. The first-order valence-corrected chi connectivity index (χ1v) is 8.01. The van der Waals surface area contributed by atoms with Crippen LogP contribution in [-0.4, -0.2) is 29.2 Å². The summed E-state index contributed by atoms with van der Waals surface area (Å²) < 4.78 is 17.5. The van der Waals surface area contributed by atoms with E-state index in [1.54, 1.807) is 62.3 Å². The molecule has 3 rings (SSSR count). The molecule has 0 bridgehead atoms. The van der Waals surface area contributed by atoms with Gasteiger partial charge in [0.05, 0.1) is 13.7 Å². The Hall–Kier alpha value is -3.35. The molecule has 0 unspecified atom stereocenters. The standard InChI is InChI=1S/C19H18N2O5/c1-4-25-19(23)14-11-26-17(12-5-7-13(24-3)8-6-12)15(16(14)22)18-20-9-10-21(18)2/h5-11H,4H2,1-3H3. The van der Waals surface area contributed by atoms with Gasteiger partial charge >= 0.3 is 5.97 Å². The van der Waals surface area contributed by atoms with Crippen LogP contribution >= 0.6 is 0 Å². The summed E-state index contributed by atoms with van der Waals surface area (Å²) in [5, 5.41) is 0. The van der Waals surface area contributed by atoms with Crippen molar-refractivity contribution in [2.45, 2.75) is 6.92 Å². The molecule has 134 valence electrons. The summed E-state index contributed by atoms with van der Waals surface area (Å²) in [5.74, 6) is 0.673. The quantitative estimate of drug-likeness (QED) is 0.655. The number of esters is 1. The van der Waals surface area contributed by atoms with Crippen LogP contribution in [0.5, 0.6) is 5.75 Å². The molecule has 1 aromatic carbocycles. The highest BCUT2D eigenvalue weighted by atomic mass is 16.5. The molecule has 2 aromatic heterocycles. The molecule has 0 spiro atoms. The molecule has 0 saturated carbocycles. The van der Waals surface area contributed by atoms with Crippen LogP contribution in [-0.2, 0) is 11.8 Å². The molecule has 0 saturated heterocycles. The lowest BCUT2D eigenvalue weighted by Crippen LogP contribution is -2.20. The number of aromatic nitrogens is 2. The van der Waals surface area contributed by atoms with E-state index >= 15 is 0 Å². The number of carbonyl (C=O) groups excluding carboxylic acids is 1. The predicted molar refractivity (Wildman–Crippen MR) is 95.1 cm³/mol. The molecule has 7 nitrogen and oxygen atoms in total. The van der Waals surface area contributed by atoms with Crippen LogP contribution in [0.3, 0.4) is 0 Å². The fraction of sp³-hybridized carbons (Fsp3) is 0.211. The maximum Gasteiger partial charge on any atom is 0.345 e. The van der Waals surface area contributed by atoms with Crippen molar-refractivity contribution in [1.29, 1.82) is 0 Å². The molecule has 0 aliphatic carbocycles. The summed E-state index contributed by atoms with van der Waals surface area (Å²) in [6.07, 6.45) is 4.42. The van der Waals surface area contributed by atoms with Crippen LogP contribution in [0.15, 0.2) is 52.1 Å². The van der Waals surface area contributed by atoms with Gasteiger partial charge in [0.15, 0.2) is 0 Å². The molecule has 0 atom stereocenters. The molecule has 0 fully saturated rings. The van der Waals surface area contributed by atoms with Crippen molar-refractivity contribution >= 4 is 5.97 Å². The van der Waals surface area contributed by atoms with E-state index in [2.05, 4.69) is 4.98 Å². The third kappa shape index (κ3) is 3.11. The summed E-state index contributed by atoms with van der Waals surface area (Å²) in [7, 11) is 3.33. The SMILES string of the molecule is CCOC(=O)c1coc(-c2ccc(OC)cc2)c(-c2nccn2C)c1=O. The second-order valence-corrected chi connectivity index (χ2v) is 5.49. The Labute approximate surface area is 149 Å². The van der Waals surface area contributed by atoms with E-state index in [0.29, 0.717) is 22.9 Å². The number of benzene rings is 1. The van der Waals surface area contributed by atoms with E-state index in [0.717, 1.165) is 6.26 Å². The van der Waals surface area contributed by atoms with Crippen LogP contribution in [0, 0.1) is 0 Å². The molecule has 2 heterocycles. The molecule has 0 aliphatic rings. The maximum absolute atomic E-state index is 13.0. The van der Waals surface area contributed by atoms with E-state index in [1.807, 2.05) is 0 Å². The fourth-order valence-corrected chi connectivity index (χ4v) is 2.58. The summed E-state index contributed by atoms with van der Waals surface area (Å²) in [4.78, 5) is 29.3. The average molecular weight is 354 g/mol. The minimum absolute atomic E-state index is 0.163. The van der Waals surface area contributed by atoms with Crippen molar-refractivity contribution in [2.24, 2.45) is 7.05 Å². The molecule has 0 N–H and O–H groups in total. The monoisotopic (exact) mass is 354 g/mol. The molecule has 0 radical (unpaired) electrons. The molecule has 7 heteroatoms. The van der Waals surface area contributed by atoms with Gasteiger partial charge in [0.25, 0.3) is 0 Å². The molecular formula is C19H18N2O5. The number of rotatable bonds is 5. The van der Waals surface area contributed by atoms with Crippen LogP contribution in [0.2, 0.25) is 0 Å². The minimum atomic E-state index is -0.724. The number of nitrogens with zero attached hydrogens (tertiary/aromatic N) is 2. The van der Waals surface area contributed by atoms with Gasteiger partial charge in [0.1, 0.15) is 34.7 Å². The zero-order chi connectivity index (χ0) is 18.7. The lowest BCUT2D eigenvalue weighted by molar-refractivity contribution is 0.0522. The van der Waals surface area contributed by atoms with Gasteiger partial charge in [-0.2, -0.15) is 0 Å². The van der Waals surface area contributed by atoms with Crippen molar-refractivity contribution in [3.8, 4) is 28.5 Å². The Morgan fingerprint density at radius 1 is 1.27 bits per heavy atom. The number of methoxy groups -OCH3 is 1. The van der Waals surface area contributed by atoms with E-state index in [-0.39, 0.29) is 17.7 Å². The highest BCUT2D eigenvalue weighted by Crippen LogP contribution is 2.30. The van der Waals surface area contributed by atoms with Crippen molar-refractivity contribution < 1.29 is 18.7 Å². The Balaban J connectivity index is 2.24. The largest absolute Gasteiger partial charge is 0.497 e. The first-order valence-electron chi connectivity index (χ1n) is 8.01. The van der Waals surface area contributed by atoms with E-state index in [4.69, 9.17) is 13.9 Å². The third-order valence-corrected chi connectivity index (χ3v) is 3.89. The third-order valence-electron chi connectivity index (χ3n) is 3.89. The van der Waals surface area contributed by atoms with Gasteiger partial charge in [-0.05, 0) is 31.2 Å². The minimum Gasteiger partial charge on any atom is -0.497 e. The molecule has 3 aromatic rings. The molecule has 0 aliphatic heterocycles. The van der Waals surface area contributed by atoms with Crippen molar-refractivity contribution in [1.82, 2.24) is 9.55 Å². The molecule has 0 amide bonds. The van der Waals surface area contributed by atoms with E-state index < -0.39 is 11.4 Å². The lowest BCUT2D eigenvalue weighted by atomic mass is 10.0. The summed E-state index contributed by atoms with van der Waals surface area (Å²) >= 11 is 0. The number of hydrogen-bond acceptors (Lipinski definition) is 6. The number of ether oxygens (including phenoxy) is 2. The Morgan fingerprint density at radius 2 is 2.00 bits per heavy atom. The number of imidazole rings is 1. The van der Waals surface area contributed by atoms with Gasteiger partial charge in [0.2, 0.25) is 5.43 Å². The van der Waals surface area contributed by atoms with E-state index in [1.165, 1.54) is 0 Å². The van der Waals surface area contributed by atoms with Crippen molar-refractivity contribution in [3.63, 3.8) is 0 Å². The second-order valence-electron chi connectivity index (χ2n) is 5.49. The molecule has 26 heavy (non-hydrogen) atoms. The zero-order valence-corrected chi connectivity index (χ0v) is 14.7. The highest BCUT2D eigenvalue weighted by Gasteiger charge is 2.24. The first-order chi connectivity index (χ1) is 12.6. The van der Waals surface area contributed by atoms with Gasteiger partial charge in [-0.15, -0.1) is 0 Å². The Bertz CT molecular complexity index is 986. The van der Waals surface area contributed by atoms with Crippen LogP contribution in [0.25, 0.3) is 22.7 Å². The van der Waals surface area contributed by atoms with Gasteiger partial charge < -0.3 is 18.5 Å². The fourth-order valence-electron chi connectivity index (χ4n) is 2.58. The predicted octanol–water partition coefficient (Wildman–Crippen LogP) is 2.89. The van der Waals surface area contributed by atoms with Crippen LogP contribution in [0.1, 0.15) is 17.3 Å². The zero-order valence-electron chi connectivity index (χ0n) is 14.7. The summed E-state index contributed by atoms with van der Waals surface area (Å²) in [5.41, 5.74) is 0.210. The topological polar surface area (TPSA) is 83.6 Å². The summed E-state index contributed by atoms with van der Waals surface area (Å²) in [6.45, 7) is 1.83. The number of carbonyl (C=O) groups is 1. The van der Waals surface area contributed by atoms with Gasteiger partial charge in [-0.25, -0.2) is 9.78 Å². The van der Waals surface area contributed by atoms with Crippen LogP contribution < -0.4 is 10.2 Å². The van der Waals surface area contributed by atoms with Gasteiger partial charge in [0, 0.05) is 25.0 Å². The van der Waals surface area contributed by atoms with Crippen molar-refractivity contribution in [2.75, 3.05) is 13.7 Å². The van der Waals surface area contributed by atoms with E-state index in [9.17, 15) is 9.59 Å².